The Hall–Kier alpha value is -3.36. The number of benzene rings is 3. The van der Waals surface area contributed by atoms with Crippen molar-refractivity contribution >= 4 is 0 Å². The van der Waals surface area contributed by atoms with Crippen LogP contribution in [0, 0.1) is 35.3 Å². The van der Waals surface area contributed by atoms with Gasteiger partial charge in [0.15, 0.2) is 0 Å². The monoisotopic (exact) mass is 384 g/mol. The first-order valence-corrected chi connectivity index (χ1v) is 9.82. The molecule has 0 heterocycles. The Morgan fingerprint density at radius 2 is 1.24 bits per heavy atom. The molecule has 144 valence electrons. The average Bonchev–Trinajstić information content (AvgIpc) is 2.74. The minimum Gasteiger partial charge on any atom is -0.207 e. The molecule has 0 amide bonds. The summed E-state index contributed by atoms with van der Waals surface area (Å²) < 4.78 is 27.2. The molecule has 0 atom stereocenters. The van der Waals surface area contributed by atoms with Gasteiger partial charge in [-0.2, -0.15) is 0 Å². The second-order valence-electron chi connectivity index (χ2n) is 6.86. The van der Waals surface area contributed by atoms with Gasteiger partial charge in [0.1, 0.15) is 11.6 Å². The normalized spacial score (nSPS) is 9.90. The summed E-state index contributed by atoms with van der Waals surface area (Å²) in [6.07, 6.45) is 4.76. The first-order chi connectivity index (χ1) is 14.1. The van der Waals surface area contributed by atoms with Gasteiger partial charge in [-0.1, -0.05) is 55.6 Å². The molecule has 0 unspecified atom stereocenters. The number of rotatable bonds is 4. The van der Waals surface area contributed by atoms with E-state index in [-0.39, 0.29) is 11.4 Å². The maximum absolute atomic E-state index is 14.3. The number of hydrogen-bond acceptors (Lipinski definition) is 0. The molecule has 0 fully saturated rings. The molecule has 0 aromatic heterocycles. The van der Waals surface area contributed by atoms with Crippen LogP contribution in [0.4, 0.5) is 8.78 Å². The summed E-state index contributed by atoms with van der Waals surface area (Å²) in [4.78, 5) is 0. The van der Waals surface area contributed by atoms with Crippen LogP contribution in [-0.4, -0.2) is 0 Å². The highest BCUT2D eigenvalue weighted by Gasteiger charge is 2.00. The lowest BCUT2D eigenvalue weighted by atomic mass is 10.1. The zero-order valence-corrected chi connectivity index (χ0v) is 16.4. The average molecular weight is 384 g/mol. The number of aryl methyl sites for hydroxylation is 1. The first kappa shape index (κ1) is 20.4. The zero-order valence-electron chi connectivity index (χ0n) is 16.4. The summed E-state index contributed by atoms with van der Waals surface area (Å²) in [6, 6.07) is 18.8. The Bertz CT molecular complexity index is 1070. The molecule has 3 rings (SSSR count). The van der Waals surface area contributed by atoms with E-state index in [4.69, 9.17) is 0 Å². The van der Waals surface area contributed by atoms with Crippen LogP contribution in [0.5, 0.6) is 0 Å². The van der Waals surface area contributed by atoms with Gasteiger partial charge < -0.3 is 0 Å². The van der Waals surface area contributed by atoms with Crippen LogP contribution in [0.25, 0.3) is 0 Å². The molecule has 2 heteroatoms. The molecule has 0 radical (unpaired) electrons. The fourth-order valence-electron chi connectivity index (χ4n) is 2.85. The van der Waals surface area contributed by atoms with E-state index in [0.717, 1.165) is 12.0 Å². The molecule has 0 saturated heterocycles. The van der Waals surface area contributed by atoms with E-state index in [1.165, 1.54) is 43.0 Å². The standard InChI is InChI=1S/C27H22F2/c1-2-3-4-5-21-6-8-22(9-7-21)10-11-24-13-17-25(27(29)20-24)16-12-23-14-18-26(28)19-15-23/h6-9,13-15,17-20H,2-5H2,1H3. The molecule has 3 aromatic rings. The predicted molar refractivity (Wildman–Crippen MR) is 114 cm³/mol. The third kappa shape index (κ3) is 6.34. The molecular formula is C27H22F2. The van der Waals surface area contributed by atoms with E-state index in [2.05, 4.69) is 42.7 Å². The molecule has 0 aliphatic rings. The van der Waals surface area contributed by atoms with Crippen molar-refractivity contribution in [1.82, 2.24) is 0 Å². The largest absolute Gasteiger partial charge is 0.207 e. The maximum atomic E-state index is 14.3. The van der Waals surface area contributed by atoms with Gasteiger partial charge in [0.2, 0.25) is 0 Å². The van der Waals surface area contributed by atoms with E-state index >= 15 is 0 Å². The van der Waals surface area contributed by atoms with Gasteiger partial charge in [0, 0.05) is 16.7 Å². The molecule has 0 aliphatic heterocycles. The van der Waals surface area contributed by atoms with Gasteiger partial charge in [-0.25, -0.2) is 8.78 Å². The van der Waals surface area contributed by atoms with Crippen molar-refractivity contribution in [2.24, 2.45) is 0 Å². The minimum absolute atomic E-state index is 0.288. The third-order valence-corrected chi connectivity index (χ3v) is 4.53. The predicted octanol–water partition coefficient (Wildman–Crippen LogP) is 6.50. The van der Waals surface area contributed by atoms with Crippen molar-refractivity contribution in [2.75, 3.05) is 0 Å². The van der Waals surface area contributed by atoms with E-state index in [0.29, 0.717) is 11.1 Å². The summed E-state index contributed by atoms with van der Waals surface area (Å²) in [5.41, 5.74) is 3.75. The van der Waals surface area contributed by atoms with E-state index in [1.54, 1.807) is 24.3 Å². The smallest absolute Gasteiger partial charge is 0.140 e. The van der Waals surface area contributed by atoms with Gasteiger partial charge in [-0.15, -0.1) is 0 Å². The van der Waals surface area contributed by atoms with E-state index in [1.807, 2.05) is 12.1 Å². The van der Waals surface area contributed by atoms with Gasteiger partial charge in [-0.05, 0) is 73.0 Å². The molecular weight excluding hydrogens is 362 g/mol. The Morgan fingerprint density at radius 3 is 1.90 bits per heavy atom. The molecule has 0 aliphatic carbocycles. The molecule has 0 N–H and O–H groups in total. The number of unbranched alkanes of at least 4 members (excludes halogenated alkanes) is 2. The molecule has 3 aromatic carbocycles. The molecule has 0 bridgehead atoms. The van der Waals surface area contributed by atoms with Gasteiger partial charge in [0.05, 0.1) is 5.56 Å². The second-order valence-corrected chi connectivity index (χ2v) is 6.86. The highest BCUT2D eigenvalue weighted by atomic mass is 19.1. The summed E-state index contributed by atoms with van der Waals surface area (Å²) in [6.45, 7) is 2.20. The lowest BCUT2D eigenvalue weighted by molar-refractivity contribution is 0.624. The Balaban J connectivity index is 1.67. The summed E-state index contributed by atoms with van der Waals surface area (Å²) in [5, 5.41) is 0. The van der Waals surface area contributed by atoms with Crippen molar-refractivity contribution in [3.63, 3.8) is 0 Å². The van der Waals surface area contributed by atoms with Crippen molar-refractivity contribution in [1.29, 1.82) is 0 Å². The fourth-order valence-corrected chi connectivity index (χ4v) is 2.85. The van der Waals surface area contributed by atoms with Crippen LogP contribution >= 0.6 is 0 Å². The molecule has 0 nitrogen and oxygen atoms in total. The highest BCUT2D eigenvalue weighted by Crippen LogP contribution is 2.11. The molecule has 0 saturated carbocycles. The number of hydrogen-bond donors (Lipinski definition) is 0. The lowest BCUT2D eigenvalue weighted by Gasteiger charge is -2.00. The summed E-state index contributed by atoms with van der Waals surface area (Å²) in [5.74, 6) is 11.0. The maximum Gasteiger partial charge on any atom is 0.140 e. The molecule has 0 spiro atoms. The quantitative estimate of drug-likeness (QED) is 0.356. The van der Waals surface area contributed by atoms with Crippen LogP contribution in [0.1, 0.15) is 54.0 Å². The SMILES string of the molecule is CCCCCc1ccc(C#Cc2ccc(C#Cc3ccc(F)cc3)c(F)c2)cc1. The second kappa shape index (κ2) is 10.3. The van der Waals surface area contributed by atoms with Crippen LogP contribution in [0.3, 0.4) is 0 Å². The Kier molecular flexibility index (Phi) is 7.21. The minimum atomic E-state index is -0.419. The third-order valence-electron chi connectivity index (χ3n) is 4.53. The topological polar surface area (TPSA) is 0 Å². The highest BCUT2D eigenvalue weighted by molar-refractivity contribution is 5.48. The fraction of sp³-hybridized carbons (Fsp3) is 0.185. The van der Waals surface area contributed by atoms with Crippen LogP contribution in [0.15, 0.2) is 66.7 Å². The van der Waals surface area contributed by atoms with E-state index in [9.17, 15) is 8.78 Å². The Labute approximate surface area is 171 Å². The van der Waals surface area contributed by atoms with Crippen LogP contribution in [-0.2, 0) is 6.42 Å². The number of halogens is 2. The van der Waals surface area contributed by atoms with Crippen LogP contribution in [0.2, 0.25) is 0 Å². The van der Waals surface area contributed by atoms with Crippen LogP contribution < -0.4 is 0 Å². The lowest BCUT2D eigenvalue weighted by Crippen LogP contribution is -1.87. The summed E-state index contributed by atoms with van der Waals surface area (Å²) in [7, 11) is 0. The van der Waals surface area contributed by atoms with Gasteiger partial charge >= 0.3 is 0 Å². The van der Waals surface area contributed by atoms with Crippen molar-refractivity contribution in [3.8, 4) is 23.7 Å². The van der Waals surface area contributed by atoms with Crippen molar-refractivity contribution in [3.05, 3.63) is 106 Å². The summed E-state index contributed by atoms with van der Waals surface area (Å²) >= 11 is 0. The zero-order chi connectivity index (χ0) is 20.5. The van der Waals surface area contributed by atoms with Gasteiger partial charge in [-0.3, -0.25) is 0 Å². The Morgan fingerprint density at radius 1 is 0.655 bits per heavy atom. The van der Waals surface area contributed by atoms with E-state index < -0.39 is 5.82 Å². The van der Waals surface area contributed by atoms with Crippen molar-refractivity contribution < 1.29 is 8.78 Å². The van der Waals surface area contributed by atoms with Crippen molar-refractivity contribution in [2.45, 2.75) is 32.6 Å². The molecule has 29 heavy (non-hydrogen) atoms. The van der Waals surface area contributed by atoms with Gasteiger partial charge in [0.25, 0.3) is 0 Å². The first-order valence-electron chi connectivity index (χ1n) is 9.82.